The van der Waals surface area contributed by atoms with Gasteiger partial charge in [-0.2, -0.15) is 0 Å². The number of hydrogen-bond donors (Lipinski definition) is 0. The molecular weight excluding hydrogens is 286 g/mol. The molecule has 2 aromatic heterocycles. The highest BCUT2D eigenvalue weighted by molar-refractivity contribution is 7.20. The highest BCUT2D eigenvalue weighted by Gasteiger charge is 2.24. The number of likely N-dealkylation sites (tertiary alicyclic amines) is 1. The van der Waals surface area contributed by atoms with Crippen LogP contribution in [0.4, 0.5) is 0 Å². The minimum atomic E-state index is -0.0658. The van der Waals surface area contributed by atoms with Crippen LogP contribution in [0.25, 0.3) is 10.2 Å². The number of aryl methyl sites for hydroxylation is 2. The van der Waals surface area contributed by atoms with Crippen LogP contribution in [-0.2, 0) is 7.05 Å². The van der Waals surface area contributed by atoms with Gasteiger partial charge in [-0.05, 0) is 38.7 Å². The van der Waals surface area contributed by atoms with Gasteiger partial charge in [-0.15, -0.1) is 11.3 Å². The summed E-state index contributed by atoms with van der Waals surface area (Å²) in [4.78, 5) is 32.8. The van der Waals surface area contributed by atoms with Crippen LogP contribution < -0.4 is 5.56 Å². The van der Waals surface area contributed by atoms with Crippen LogP contribution in [0, 0.1) is 13.8 Å². The highest BCUT2D eigenvalue weighted by Crippen LogP contribution is 2.29. The Morgan fingerprint density at radius 2 is 1.86 bits per heavy atom. The minimum Gasteiger partial charge on any atom is -0.338 e. The number of carbonyl (C=O) groups excluding carboxylic acids is 1. The standard InChI is InChI=1S/C15H19N3O2S/c1-9-11-13(16-10(2)17(3)14(11)19)21-12(9)15(20)18-7-5-4-6-8-18/h4-8H2,1-3H3. The van der Waals surface area contributed by atoms with Gasteiger partial charge in [0, 0.05) is 20.1 Å². The SMILES string of the molecule is Cc1c(C(=O)N2CCCCC2)sc2nc(C)n(C)c(=O)c12. The summed E-state index contributed by atoms with van der Waals surface area (Å²) in [5, 5.41) is 0.591. The van der Waals surface area contributed by atoms with Gasteiger partial charge < -0.3 is 4.90 Å². The summed E-state index contributed by atoms with van der Waals surface area (Å²) in [6, 6.07) is 0. The third-order valence-corrected chi connectivity index (χ3v) is 5.41. The van der Waals surface area contributed by atoms with Crippen molar-refractivity contribution in [1.29, 1.82) is 0 Å². The monoisotopic (exact) mass is 305 g/mol. The third kappa shape index (κ3) is 2.27. The Kier molecular flexibility index (Phi) is 3.57. The second kappa shape index (κ2) is 5.26. The predicted molar refractivity (Wildman–Crippen MR) is 84.1 cm³/mol. The Bertz CT molecular complexity index is 769. The van der Waals surface area contributed by atoms with Gasteiger partial charge in [-0.25, -0.2) is 4.98 Å². The predicted octanol–water partition coefficient (Wildman–Crippen LogP) is 2.24. The molecule has 5 nitrogen and oxygen atoms in total. The van der Waals surface area contributed by atoms with E-state index in [9.17, 15) is 9.59 Å². The number of hydrogen-bond acceptors (Lipinski definition) is 4. The number of fused-ring (bicyclic) bond motifs is 1. The van der Waals surface area contributed by atoms with E-state index in [1.165, 1.54) is 22.3 Å². The number of amides is 1. The fraction of sp³-hybridized carbons (Fsp3) is 0.533. The Labute approximate surface area is 127 Å². The summed E-state index contributed by atoms with van der Waals surface area (Å²) in [6.07, 6.45) is 3.32. The first-order valence-electron chi connectivity index (χ1n) is 7.26. The van der Waals surface area contributed by atoms with Crippen molar-refractivity contribution in [2.75, 3.05) is 13.1 Å². The molecule has 6 heteroatoms. The molecule has 3 rings (SSSR count). The zero-order chi connectivity index (χ0) is 15.1. The topological polar surface area (TPSA) is 55.2 Å². The summed E-state index contributed by atoms with van der Waals surface area (Å²) in [7, 11) is 1.72. The van der Waals surface area contributed by atoms with Crippen molar-refractivity contribution in [1.82, 2.24) is 14.5 Å². The summed E-state index contributed by atoms with van der Waals surface area (Å²) in [6.45, 7) is 5.30. The van der Waals surface area contributed by atoms with E-state index in [0.717, 1.165) is 31.5 Å². The first kappa shape index (κ1) is 14.3. The van der Waals surface area contributed by atoms with Gasteiger partial charge in [0.15, 0.2) is 0 Å². The molecule has 1 amide bonds. The van der Waals surface area contributed by atoms with Gasteiger partial charge in [0.25, 0.3) is 11.5 Å². The Morgan fingerprint density at radius 1 is 1.19 bits per heavy atom. The summed E-state index contributed by atoms with van der Waals surface area (Å²) >= 11 is 1.35. The lowest BCUT2D eigenvalue weighted by Gasteiger charge is -2.26. The number of thiophene rings is 1. The van der Waals surface area contributed by atoms with Crippen LogP contribution in [0.2, 0.25) is 0 Å². The molecule has 0 saturated carbocycles. The molecule has 3 heterocycles. The van der Waals surface area contributed by atoms with E-state index >= 15 is 0 Å². The maximum absolute atomic E-state index is 12.7. The summed E-state index contributed by atoms with van der Waals surface area (Å²) in [5.41, 5.74) is 0.711. The van der Waals surface area contributed by atoms with E-state index in [4.69, 9.17) is 0 Å². The molecule has 0 aliphatic carbocycles. The second-order valence-corrected chi connectivity index (χ2v) is 6.61. The van der Waals surface area contributed by atoms with Crippen LogP contribution in [-0.4, -0.2) is 33.4 Å². The van der Waals surface area contributed by atoms with Crippen LogP contribution in [0.5, 0.6) is 0 Å². The van der Waals surface area contributed by atoms with Crippen LogP contribution in [0.15, 0.2) is 4.79 Å². The summed E-state index contributed by atoms with van der Waals surface area (Å²) in [5.74, 6) is 0.723. The molecule has 112 valence electrons. The smallest absolute Gasteiger partial charge is 0.264 e. The average Bonchev–Trinajstić information content (AvgIpc) is 2.82. The molecule has 1 saturated heterocycles. The van der Waals surface area contributed by atoms with E-state index in [2.05, 4.69) is 4.98 Å². The Hall–Kier alpha value is -1.69. The van der Waals surface area contributed by atoms with E-state index < -0.39 is 0 Å². The second-order valence-electron chi connectivity index (χ2n) is 5.61. The number of piperidine rings is 1. The maximum atomic E-state index is 12.7. The first-order chi connectivity index (χ1) is 10.0. The Balaban J connectivity index is 2.12. The molecule has 1 fully saturated rings. The minimum absolute atomic E-state index is 0.0508. The van der Waals surface area contributed by atoms with Gasteiger partial charge in [0.05, 0.1) is 10.3 Å². The van der Waals surface area contributed by atoms with Crippen molar-refractivity contribution < 1.29 is 4.79 Å². The largest absolute Gasteiger partial charge is 0.338 e. The molecule has 0 bridgehead atoms. The molecule has 0 N–H and O–H groups in total. The fourth-order valence-corrected chi connectivity index (χ4v) is 4.00. The molecule has 1 aliphatic rings. The maximum Gasteiger partial charge on any atom is 0.264 e. The Morgan fingerprint density at radius 3 is 2.52 bits per heavy atom. The quantitative estimate of drug-likeness (QED) is 0.812. The van der Waals surface area contributed by atoms with Gasteiger partial charge in [-0.1, -0.05) is 0 Å². The molecule has 0 unspecified atom stereocenters. The van der Waals surface area contributed by atoms with Crippen molar-refractivity contribution in [2.45, 2.75) is 33.1 Å². The zero-order valence-corrected chi connectivity index (χ0v) is 13.4. The van der Waals surface area contributed by atoms with Crippen LogP contribution in [0.1, 0.15) is 40.3 Å². The van der Waals surface area contributed by atoms with Crippen molar-refractivity contribution in [2.24, 2.45) is 7.05 Å². The molecular formula is C15H19N3O2S. The number of rotatable bonds is 1. The molecule has 1 aliphatic heterocycles. The lowest BCUT2D eigenvalue weighted by molar-refractivity contribution is 0.0728. The lowest BCUT2D eigenvalue weighted by Crippen LogP contribution is -2.35. The molecule has 0 aromatic carbocycles. The molecule has 0 atom stereocenters. The van der Waals surface area contributed by atoms with Crippen molar-refractivity contribution in [3.8, 4) is 0 Å². The molecule has 0 spiro atoms. The van der Waals surface area contributed by atoms with Gasteiger partial charge in [-0.3, -0.25) is 14.2 Å². The molecule has 2 aromatic rings. The fourth-order valence-electron chi connectivity index (χ4n) is 2.81. The zero-order valence-electron chi connectivity index (χ0n) is 12.6. The number of nitrogens with zero attached hydrogens (tertiary/aromatic N) is 3. The number of aromatic nitrogens is 2. The van der Waals surface area contributed by atoms with E-state index in [1.54, 1.807) is 7.05 Å². The van der Waals surface area contributed by atoms with Gasteiger partial charge >= 0.3 is 0 Å². The van der Waals surface area contributed by atoms with Crippen LogP contribution >= 0.6 is 11.3 Å². The molecule has 21 heavy (non-hydrogen) atoms. The number of carbonyl (C=O) groups is 1. The van der Waals surface area contributed by atoms with E-state index in [0.29, 0.717) is 20.9 Å². The normalized spacial score (nSPS) is 15.7. The third-order valence-electron chi connectivity index (χ3n) is 4.23. The molecule has 0 radical (unpaired) electrons. The van der Waals surface area contributed by atoms with Gasteiger partial charge in [0.1, 0.15) is 10.7 Å². The van der Waals surface area contributed by atoms with Crippen molar-refractivity contribution in [3.63, 3.8) is 0 Å². The highest BCUT2D eigenvalue weighted by atomic mass is 32.1. The van der Waals surface area contributed by atoms with E-state index in [1.807, 2.05) is 18.7 Å². The summed E-state index contributed by atoms with van der Waals surface area (Å²) < 4.78 is 1.54. The van der Waals surface area contributed by atoms with Crippen LogP contribution in [0.3, 0.4) is 0 Å². The van der Waals surface area contributed by atoms with Crippen molar-refractivity contribution >= 4 is 27.5 Å². The average molecular weight is 305 g/mol. The van der Waals surface area contributed by atoms with Crippen molar-refractivity contribution in [3.05, 3.63) is 26.6 Å². The van der Waals surface area contributed by atoms with Gasteiger partial charge in [0.2, 0.25) is 0 Å². The van der Waals surface area contributed by atoms with E-state index in [-0.39, 0.29) is 11.5 Å². The lowest BCUT2D eigenvalue weighted by atomic mass is 10.1. The first-order valence-corrected chi connectivity index (χ1v) is 8.08.